The molecule has 0 spiro atoms. The molecule has 1 N–H and O–H groups in total. The second-order valence-corrected chi connectivity index (χ2v) is 4.99. The van der Waals surface area contributed by atoms with Crippen LogP contribution in [0.2, 0.25) is 0 Å². The van der Waals surface area contributed by atoms with Crippen LogP contribution in [0.25, 0.3) is 5.57 Å². The lowest BCUT2D eigenvalue weighted by atomic mass is 9.92. The molecule has 2 rings (SSSR count). The Kier molecular flexibility index (Phi) is 6.09. The standard InChI is InChI=1S/C14H14OS.CH2O2/c1-3-8-16-14-9-13(15)12-7-5-4-6-11(12)10(14)2;2-1-3/h4-7,9H,2-3,8H2,1H3;1H,(H,2,3). The van der Waals surface area contributed by atoms with Crippen LogP contribution in [0.4, 0.5) is 0 Å². The molecule has 0 atom stereocenters. The Morgan fingerprint density at radius 2 is 1.89 bits per heavy atom. The summed E-state index contributed by atoms with van der Waals surface area (Å²) in [4.78, 5) is 21.3. The number of ketones is 1. The van der Waals surface area contributed by atoms with Gasteiger partial charge >= 0.3 is 0 Å². The van der Waals surface area contributed by atoms with E-state index in [1.807, 2.05) is 24.3 Å². The highest BCUT2D eigenvalue weighted by Crippen LogP contribution is 2.36. The fourth-order valence-electron chi connectivity index (χ4n) is 1.72. The first-order valence-corrected chi connectivity index (χ1v) is 6.89. The molecule has 1 aromatic rings. The van der Waals surface area contributed by atoms with Crippen LogP contribution < -0.4 is 0 Å². The van der Waals surface area contributed by atoms with Crippen molar-refractivity contribution in [1.82, 2.24) is 0 Å². The van der Waals surface area contributed by atoms with Gasteiger partial charge in [0, 0.05) is 16.5 Å². The van der Waals surface area contributed by atoms with Gasteiger partial charge in [-0.2, -0.15) is 0 Å². The first-order valence-electron chi connectivity index (χ1n) is 5.91. The molecule has 0 amide bonds. The minimum absolute atomic E-state index is 0.0987. The lowest BCUT2D eigenvalue weighted by Gasteiger charge is -2.17. The van der Waals surface area contributed by atoms with Gasteiger partial charge in [-0.25, -0.2) is 0 Å². The summed E-state index contributed by atoms with van der Waals surface area (Å²) in [5.74, 6) is 1.13. The van der Waals surface area contributed by atoms with E-state index in [0.717, 1.165) is 33.8 Å². The zero-order valence-electron chi connectivity index (χ0n) is 10.8. The van der Waals surface area contributed by atoms with Crippen LogP contribution >= 0.6 is 11.8 Å². The summed E-state index contributed by atoms with van der Waals surface area (Å²) in [6.45, 7) is 5.97. The van der Waals surface area contributed by atoms with E-state index in [-0.39, 0.29) is 12.3 Å². The molecule has 1 aromatic carbocycles. The quantitative estimate of drug-likeness (QED) is 0.857. The number of carbonyl (C=O) groups is 2. The predicted octanol–water partition coefficient (Wildman–Crippen LogP) is 3.62. The molecular weight excluding hydrogens is 260 g/mol. The summed E-state index contributed by atoms with van der Waals surface area (Å²) in [7, 11) is 0. The van der Waals surface area contributed by atoms with Crippen molar-refractivity contribution in [3.63, 3.8) is 0 Å². The number of hydrogen-bond acceptors (Lipinski definition) is 3. The molecule has 0 radical (unpaired) electrons. The average Bonchev–Trinajstić information content (AvgIpc) is 2.42. The molecule has 0 bridgehead atoms. The number of allylic oxidation sites excluding steroid dienone is 2. The second-order valence-electron chi connectivity index (χ2n) is 3.85. The Morgan fingerprint density at radius 3 is 2.47 bits per heavy atom. The highest BCUT2D eigenvalue weighted by molar-refractivity contribution is 8.03. The Morgan fingerprint density at radius 1 is 1.32 bits per heavy atom. The zero-order valence-corrected chi connectivity index (χ0v) is 11.6. The van der Waals surface area contributed by atoms with E-state index in [2.05, 4.69) is 13.5 Å². The fraction of sp³-hybridized carbons (Fsp3) is 0.200. The van der Waals surface area contributed by atoms with Crippen molar-refractivity contribution in [3.8, 4) is 0 Å². The highest BCUT2D eigenvalue weighted by Gasteiger charge is 2.20. The van der Waals surface area contributed by atoms with E-state index in [1.54, 1.807) is 17.8 Å². The number of fused-ring (bicyclic) bond motifs is 1. The van der Waals surface area contributed by atoms with Gasteiger partial charge in [-0.05, 0) is 23.3 Å². The first-order chi connectivity index (χ1) is 9.15. The molecule has 19 heavy (non-hydrogen) atoms. The molecular formula is C15H16O3S. The van der Waals surface area contributed by atoms with Gasteiger partial charge in [-0.1, -0.05) is 37.8 Å². The van der Waals surface area contributed by atoms with E-state index in [0.29, 0.717) is 0 Å². The SMILES string of the molecule is C=C1C(SCCC)=CC(=O)c2ccccc21.O=CO. The van der Waals surface area contributed by atoms with E-state index in [1.165, 1.54) is 0 Å². The maximum Gasteiger partial charge on any atom is 0.290 e. The molecule has 4 heteroatoms. The van der Waals surface area contributed by atoms with Crippen LogP contribution in [0.15, 0.2) is 41.8 Å². The summed E-state index contributed by atoms with van der Waals surface area (Å²) in [5.41, 5.74) is 2.73. The summed E-state index contributed by atoms with van der Waals surface area (Å²) >= 11 is 1.71. The van der Waals surface area contributed by atoms with Crippen LogP contribution in [0, 0.1) is 0 Å². The number of rotatable bonds is 3. The zero-order chi connectivity index (χ0) is 14.3. The number of hydrogen-bond donors (Lipinski definition) is 1. The topological polar surface area (TPSA) is 54.4 Å². The maximum absolute atomic E-state index is 11.9. The third-order valence-electron chi connectivity index (χ3n) is 2.54. The van der Waals surface area contributed by atoms with Crippen molar-refractivity contribution in [3.05, 3.63) is 53.0 Å². The van der Waals surface area contributed by atoms with Crippen LogP contribution in [0.1, 0.15) is 29.3 Å². The van der Waals surface area contributed by atoms with Crippen LogP contribution in [-0.2, 0) is 4.79 Å². The molecule has 0 aromatic heterocycles. The van der Waals surface area contributed by atoms with Crippen LogP contribution in [0.5, 0.6) is 0 Å². The molecule has 100 valence electrons. The van der Waals surface area contributed by atoms with E-state index in [9.17, 15) is 4.79 Å². The van der Waals surface area contributed by atoms with Crippen molar-refractivity contribution in [2.24, 2.45) is 0 Å². The maximum atomic E-state index is 11.9. The smallest absolute Gasteiger partial charge is 0.290 e. The third-order valence-corrected chi connectivity index (χ3v) is 3.83. The molecule has 0 heterocycles. The molecule has 0 fully saturated rings. The molecule has 0 saturated heterocycles. The first kappa shape index (κ1) is 15.2. The minimum Gasteiger partial charge on any atom is -0.483 e. The molecule has 0 aliphatic heterocycles. The fourth-order valence-corrected chi connectivity index (χ4v) is 2.62. The molecule has 0 unspecified atom stereocenters. The average molecular weight is 276 g/mol. The highest BCUT2D eigenvalue weighted by atomic mass is 32.2. The summed E-state index contributed by atoms with van der Waals surface area (Å²) in [6.07, 6.45) is 2.82. The van der Waals surface area contributed by atoms with Crippen molar-refractivity contribution < 1.29 is 14.7 Å². The Labute approximate surface area is 117 Å². The Balaban J connectivity index is 0.000000550. The normalized spacial score (nSPS) is 13.0. The number of carboxylic acid groups (broad SMARTS) is 1. The van der Waals surface area contributed by atoms with Gasteiger partial charge < -0.3 is 5.11 Å². The molecule has 3 nitrogen and oxygen atoms in total. The predicted molar refractivity (Wildman–Crippen MR) is 79.3 cm³/mol. The molecule has 0 saturated carbocycles. The van der Waals surface area contributed by atoms with Gasteiger partial charge in [0.25, 0.3) is 6.47 Å². The summed E-state index contributed by atoms with van der Waals surface area (Å²) < 4.78 is 0. The Bertz CT molecular complexity index is 518. The lowest BCUT2D eigenvalue weighted by Crippen LogP contribution is -2.07. The monoisotopic (exact) mass is 276 g/mol. The number of carbonyl (C=O) groups excluding carboxylic acids is 1. The largest absolute Gasteiger partial charge is 0.483 e. The van der Waals surface area contributed by atoms with Crippen LogP contribution in [0.3, 0.4) is 0 Å². The van der Waals surface area contributed by atoms with Crippen molar-refractivity contribution >= 4 is 29.6 Å². The number of thioether (sulfide) groups is 1. The van der Waals surface area contributed by atoms with Gasteiger partial charge in [0.05, 0.1) is 0 Å². The Hall–Kier alpha value is -1.81. The van der Waals surface area contributed by atoms with E-state index >= 15 is 0 Å². The van der Waals surface area contributed by atoms with Gasteiger partial charge in [0.1, 0.15) is 0 Å². The lowest BCUT2D eigenvalue weighted by molar-refractivity contribution is -0.122. The number of benzene rings is 1. The summed E-state index contributed by atoms with van der Waals surface area (Å²) in [5, 5.41) is 6.89. The van der Waals surface area contributed by atoms with E-state index < -0.39 is 0 Å². The second kappa shape index (κ2) is 7.59. The van der Waals surface area contributed by atoms with Gasteiger partial charge in [0.15, 0.2) is 5.78 Å². The van der Waals surface area contributed by atoms with Crippen molar-refractivity contribution in [1.29, 1.82) is 0 Å². The van der Waals surface area contributed by atoms with Gasteiger partial charge in [-0.15, -0.1) is 11.8 Å². The van der Waals surface area contributed by atoms with Gasteiger partial charge in [-0.3, -0.25) is 9.59 Å². The molecule has 1 aliphatic rings. The third kappa shape index (κ3) is 3.83. The molecule has 1 aliphatic carbocycles. The van der Waals surface area contributed by atoms with Gasteiger partial charge in [0.2, 0.25) is 0 Å². The van der Waals surface area contributed by atoms with Crippen molar-refractivity contribution in [2.75, 3.05) is 5.75 Å². The van der Waals surface area contributed by atoms with E-state index in [4.69, 9.17) is 9.90 Å². The van der Waals surface area contributed by atoms with Crippen LogP contribution in [-0.4, -0.2) is 23.1 Å². The van der Waals surface area contributed by atoms with Crippen molar-refractivity contribution in [2.45, 2.75) is 13.3 Å². The summed E-state index contributed by atoms with van der Waals surface area (Å²) in [6, 6.07) is 7.67. The minimum atomic E-state index is -0.250.